The number of nitrogens with zero attached hydrogens (tertiary/aromatic N) is 4. The third kappa shape index (κ3) is 2.70. The predicted molar refractivity (Wildman–Crippen MR) is 71.5 cm³/mol. The quantitative estimate of drug-likeness (QED) is 0.774. The van der Waals surface area contributed by atoms with Crippen molar-refractivity contribution in [2.75, 3.05) is 37.0 Å². The molecule has 7 nitrogen and oxygen atoms in total. The van der Waals surface area contributed by atoms with Gasteiger partial charge in [0.1, 0.15) is 5.82 Å². The molecule has 2 aromatic heterocycles. The number of aromatic amines is 1. The average molecular weight is 316 g/mol. The monoisotopic (exact) mass is 315 g/mol. The lowest BCUT2D eigenvalue weighted by Gasteiger charge is -2.21. The average Bonchev–Trinajstić information content (AvgIpc) is 2.76. The van der Waals surface area contributed by atoms with Gasteiger partial charge in [0.25, 0.3) is 0 Å². The second kappa shape index (κ2) is 5.96. The molecule has 0 aliphatic rings. The summed E-state index contributed by atoms with van der Waals surface area (Å²) in [4.78, 5) is 13.5. The van der Waals surface area contributed by atoms with E-state index in [9.17, 15) is 4.79 Å². The molecule has 0 radical (unpaired) electrons. The molecule has 0 aromatic carbocycles. The van der Waals surface area contributed by atoms with Crippen LogP contribution in [-0.4, -0.2) is 51.9 Å². The Balaban J connectivity index is 2.30. The van der Waals surface area contributed by atoms with Gasteiger partial charge < -0.3 is 9.64 Å². The van der Waals surface area contributed by atoms with E-state index < -0.39 is 0 Å². The summed E-state index contributed by atoms with van der Waals surface area (Å²) < 4.78 is 6.32. The second-order valence-corrected chi connectivity index (χ2v) is 4.45. The summed E-state index contributed by atoms with van der Waals surface area (Å²) >= 11 is 3.40. The Hall–Kier alpha value is -1.41. The third-order valence-corrected chi connectivity index (χ3v) is 2.86. The Bertz CT molecular complexity index is 567. The summed E-state index contributed by atoms with van der Waals surface area (Å²) in [5.74, 6) is 0.725. The van der Waals surface area contributed by atoms with Crippen LogP contribution in [0, 0.1) is 0 Å². The van der Waals surface area contributed by atoms with E-state index in [0.717, 1.165) is 17.7 Å². The van der Waals surface area contributed by atoms with Crippen LogP contribution in [0.4, 0.5) is 5.82 Å². The molecule has 2 aromatic rings. The summed E-state index contributed by atoms with van der Waals surface area (Å²) in [5.41, 5.74) is 0.173. The van der Waals surface area contributed by atoms with Crippen molar-refractivity contribution < 1.29 is 4.74 Å². The van der Waals surface area contributed by atoms with Gasteiger partial charge in [-0.3, -0.25) is 0 Å². The lowest BCUT2D eigenvalue weighted by molar-refractivity contribution is 0.205. The number of aromatic nitrogens is 4. The van der Waals surface area contributed by atoms with Crippen LogP contribution in [0.5, 0.6) is 0 Å². The molecule has 0 spiro atoms. The highest BCUT2D eigenvalue weighted by Gasteiger charge is 2.09. The van der Waals surface area contributed by atoms with Crippen LogP contribution in [0.3, 0.4) is 0 Å². The molecular weight excluding hydrogens is 302 g/mol. The van der Waals surface area contributed by atoms with Crippen molar-refractivity contribution in [2.45, 2.75) is 0 Å². The van der Waals surface area contributed by atoms with Crippen molar-refractivity contribution >= 4 is 27.4 Å². The van der Waals surface area contributed by atoms with E-state index in [-0.39, 0.29) is 5.69 Å². The number of halogens is 1. The van der Waals surface area contributed by atoms with E-state index in [1.54, 1.807) is 13.2 Å². The van der Waals surface area contributed by atoms with Gasteiger partial charge in [0.15, 0.2) is 5.65 Å². The number of fused-ring (bicyclic) bond motifs is 1. The summed E-state index contributed by atoms with van der Waals surface area (Å²) in [5, 5.41) is 11.3. The molecule has 0 fully saturated rings. The van der Waals surface area contributed by atoms with Crippen molar-refractivity contribution in [3.8, 4) is 0 Å². The molecule has 0 amide bonds. The lowest BCUT2D eigenvalue weighted by Crippen LogP contribution is -2.31. The van der Waals surface area contributed by atoms with Crippen molar-refractivity contribution in [1.29, 1.82) is 0 Å². The molecule has 2 rings (SSSR count). The fourth-order valence-electron chi connectivity index (χ4n) is 1.61. The molecule has 0 saturated heterocycles. The molecule has 0 aliphatic heterocycles. The number of nitrogens with one attached hydrogen (secondary N) is 1. The number of hydrogen-bond acceptors (Lipinski definition) is 5. The minimum absolute atomic E-state index is 0.336. The molecule has 2 heterocycles. The largest absolute Gasteiger partial charge is 0.383 e. The first-order chi connectivity index (χ1) is 8.76. The summed E-state index contributed by atoms with van der Waals surface area (Å²) in [7, 11) is 1.66. The van der Waals surface area contributed by atoms with Gasteiger partial charge in [-0.25, -0.2) is 9.89 Å². The number of ether oxygens (including phenoxy) is 1. The number of alkyl halides is 1. The van der Waals surface area contributed by atoms with Gasteiger partial charge in [0, 0.05) is 25.5 Å². The molecule has 0 bridgehead atoms. The van der Waals surface area contributed by atoms with Crippen LogP contribution >= 0.6 is 15.9 Å². The molecule has 1 N–H and O–H groups in total. The van der Waals surface area contributed by atoms with Gasteiger partial charge >= 0.3 is 5.69 Å². The van der Waals surface area contributed by atoms with Crippen LogP contribution in [-0.2, 0) is 4.74 Å². The Kier molecular flexibility index (Phi) is 4.32. The van der Waals surface area contributed by atoms with Gasteiger partial charge in [-0.2, -0.15) is 9.61 Å². The number of methoxy groups -OCH3 is 1. The van der Waals surface area contributed by atoms with Crippen LogP contribution < -0.4 is 10.6 Å². The Labute approximate surface area is 112 Å². The van der Waals surface area contributed by atoms with Crippen LogP contribution in [0.1, 0.15) is 0 Å². The van der Waals surface area contributed by atoms with Gasteiger partial charge in [-0.1, -0.05) is 15.9 Å². The first-order valence-electron chi connectivity index (χ1n) is 5.50. The normalized spacial score (nSPS) is 11.0. The van der Waals surface area contributed by atoms with Gasteiger partial charge in [0.2, 0.25) is 0 Å². The zero-order valence-corrected chi connectivity index (χ0v) is 11.6. The van der Waals surface area contributed by atoms with Crippen molar-refractivity contribution in [2.24, 2.45) is 0 Å². The molecule has 98 valence electrons. The summed E-state index contributed by atoms with van der Waals surface area (Å²) in [6.07, 6.45) is 0. The Morgan fingerprint density at radius 1 is 1.50 bits per heavy atom. The lowest BCUT2D eigenvalue weighted by atomic mass is 10.4. The molecule has 0 atom stereocenters. The van der Waals surface area contributed by atoms with E-state index in [2.05, 4.69) is 31.2 Å². The van der Waals surface area contributed by atoms with Gasteiger partial charge in [-0.15, -0.1) is 5.10 Å². The molecular formula is C10H14BrN5O2. The maximum atomic E-state index is 11.5. The first kappa shape index (κ1) is 13.0. The summed E-state index contributed by atoms with van der Waals surface area (Å²) in [6.45, 7) is 2.11. The van der Waals surface area contributed by atoms with Crippen molar-refractivity contribution in [3.05, 3.63) is 22.6 Å². The maximum Gasteiger partial charge on any atom is 0.364 e. The van der Waals surface area contributed by atoms with Gasteiger partial charge in [-0.05, 0) is 12.1 Å². The molecule has 0 saturated carbocycles. The van der Waals surface area contributed by atoms with E-state index >= 15 is 0 Å². The maximum absolute atomic E-state index is 11.5. The fourth-order valence-corrected chi connectivity index (χ4v) is 2.03. The number of H-pyrrole nitrogens is 1. The highest BCUT2D eigenvalue weighted by Crippen LogP contribution is 2.10. The van der Waals surface area contributed by atoms with E-state index in [1.165, 1.54) is 4.52 Å². The third-order valence-electron chi connectivity index (χ3n) is 2.50. The standard InChI is InChI=1S/C10H14BrN5O2/c1-18-7-6-15(5-4-11)9-3-2-8-12-13-10(17)16(8)14-9/h2-3H,4-7H2,1H3,(H,13,17). The zero-order valence-electron chi connectivity index (χ0n) is 9.97. The highest BCUT2D eigenvalue weighted by molar-refractivity contribution is 9.09. The number of anilines is 1. The second-order valence-electron chi connectivity index (χ2n) is 3.66. The minimum atomic E-state index is -0.336. The predicted octanol–water partition coefficient (Wildman–Crippen LogP) is 0.265. The van der Waals surface area contributed by atoms with Crippen molar-refractivity contribution in [3.63, 3.8) is 0 Å². The summed E-state index contributed by atoms with van der Waals surface area (Å²) in [6, 6.07) is 3.60. The smallest absolute Gasteiger partial charge is 0.364 e. The van der Waals surface area contributed by atoms with E-state index in [4.69, 9.17) is 4.74 Å². The van der Waals surface area contributed by atoms with Crippen LogP contribution in [0.25, 0.3) is 5.65 Å². The minimum Gasteiger partial charge on any atom is -0.383 e. The van der Waals surface area contributed by atoms with Crippen molar-refractivity contribution in [1.82, 2.24) is 19.8 Å². The molecule has 0 unspecified atom stereocenters. The zero-order chi connectivity index (χ0) is 13.0. The molecule has 8 heteroatoms. The molecule has 18 heavy (non-hydrogen) atoms. The number of rotatable bonds is 6. The highest BCUT2D eigenvalue weighted by atomic mass is 79.9. The van der Waals surface area contributed by atoms with Crippen LogP contribution in [0.15, 0.2) is 16.9 Å². The van der Waals surface area contributed by atoms with Crippen LogP contribution in [0.2, 0.25) is 0 Å². The van der Waals surface area contributed by atoms with E-state index in [0.29, 0.717) is 18.8 Å². The SMILES string of the molecule is COCCN(CCBr)c1ccc2n[nH]c(=O)n2n1. The number of hydrogen-bond donors (Lipinski definition) is 1. The Morgan fingerprint density at radius 2 is 2.33 bits per heavy atom. The fraction of sp³-hybridized carbons (Fsp3) is 0.500. The first-order valence-corrected chi connectivity index (χ1v) is 6.62. The van der Waals surface area contributed by atoms with E-state index in [1.807, 2.05) is 11.0 Å². The Morgan fingerprint density at radius 3 is 3.06 bits per heavy atom. The molecule has 0 aliphatic carbocycles. The topological polar surface area (TPSA) is 75.5 Å². The van der Waals surface area contributed by atoms with Gasteiger partial charge in [0.05, 0.1) is 6.61 Å².